The smallest absolute Gasteiger partial charge is 0.252 e. The summed E-state index contributed by atoms with van der Waals surface area (Å²) in [5.41, 5.74) is 24.5. The Morgan fingerprint density at radius 3 is 1.94 bits per heavy atom. The molecule has 2 nitrogen and oxygen atoms in total. The zero-order valence-electron chi connectivity index (χ0n) is 28.4. The van der Waals surface area contributed by atoms with Crippen molar-refractivity contribution in [3.63, 3.8) is 0 Å². The Bertz CT molecular complexity index is 3100. The van der Waals surface area contributed by atoms with Crippen LogP contribution in [0.2, 0.25) is 0 Å². The third-order valence-corrected chi connectivity index (χ3v) is 13.4. The summed E-state index contributed by atoms with van der Waals surface area (Å²) in [5.74, 6) is 0. The van der Waals surface area contributed by atoms with E-state index in [2.05, 4.69) is 152 Å². The highest BCUT2D eigenvalue weighted by atomic mass is 15.1. The van der Waals surface area contributed by atoms with Crippen LogP contribution in [0.25, 0.3) is 66.0 Å². The Morgan fingerprint density at radius 2 is 1.16 bits per heavy atom. The predicted molar refractivity (Wildman–Crippen MR) is 210 cm³/mol. The van der Waals surface area contributed by atoms with Gasteiger partial charge in [0.05, 0.1) is 10.9 Å². The maximum Gasteiger partial charge on any atom is 0.252 e. The van der Waals surface area contributed by atoms with Gasteiger partial charge in [0.2, 0.25) is 0 Å². The van der Waals surface area contributed by atoms with Crippen molar-refractivity contribution in [3.8, 4) is 22.5 Å². The molecule has 2 aromatic heterocycles. The molecule has 13 rings (SSSR count). The van der Waals surface area contributed by atoms with Gasteiger partial charge in [-0.15, -0.1) is 0 Å². The van der Waals surface area contributed by atoms with Crippen LogP contribution >= 0.6 is 0 Å². The van der Waals surface area contributed by atoms with Crippen LogP contribution in [0.1, 0.15) is 44.6 Å². The van der Waals surface area contributed by atoms with Crippen LogP contribution in [0.4, 0.5) is 0 Å². The molecule has 9 aromatic rings. The summed E-state index contributed by atoms with van der Waals surface area (Å²) in [7, 11) is 0. The van der Waals surface area contributed by atoms with E-state index in [1.165, 1.54) is 127 Å². The zero-order valence-corrected chi connectivity index (χ0v) is 28.4. The molecule has 1 aliphatic carbocycles. The minimum Gasteiger partial charge on any atom is -0.315 e. The number of aryl methyl sites for hydroxylation is 3. The molecule has 0 fully saturated rings. The molecule has 0 saturated heterocycles. The highest BCUT2D eigenvalue weighted by molar-refractivity contribution is 7.00. The summed E-state index contributed by atoms with van der Waals surface area (Å²) in [5, 5.41) is 6.91. The molecule has 0 bridgehead atoms. The van der Waals surface area contributed by atoms with Gasteiger partial charge in [-0.2, -0.15) is 0 Å². The number of fused-ring (bicyclic) bond motifs is 13. The topological polar surface area (TPSA) is 9.86 Å². The lowest BCUT2D eigenvalue weighted by molar-refractivity contribution is 0.748. The van der Waals surface area contributed by atoms with Gasteiger partial charge >= 0.3 is 0 Å². The van der Waals surface area contributed by atoms with Crippen molar-refractivity contribution in [2.24, 2.45) is 0 Å². The van der Waals surface area contributed by atoms with E-state index in [1.807, 2.05) is 0 Å². The van der Waals surface area contributed by atoms with Crippen molar-refractivity contribution < 1.29 is 0 Å². The first kappa shape index (κ1) is 26.1. The summed E-state index contributed by atoms with van der Waals surface area (Å²) < 4.78 is 5.34. The van der Waals surface area contributed by atoms with Crippen LogP contribution < -0.4 is 16.4 Å². The van der Waals surface area contributed by atoms with Crippen molar-refractivity contribution >= 4 is 66.6 Å². The molecule has 7 aromatic carbocycles. The van der Waals surface area contributed by atoms with Gasteiger partial charge in [-0.3, -0.25) is 0 Å². The van der Waals surface area contributed by atoms with E-state index in [-0.39, 0.29) is 6.71 Å². The second-order valence-electron chi connectivity index (χ2n) is 15.3. The molecule has 4 aliphatic rings. The van der Waals surface area contributed by atoms with Crippen molar-refractivity contribution in [2.45, 2.75) is 33.1 Å². The molecular weight excluding hydrogens is 603 g/mol. The molecule has 5 heterocycles. The van der Waals surface area contributed by atoms with Gasteiger partial charge in [-0.25, -0.2) is 0 Å². The number of hydrogen-bond acceptors (Lipinski definition) is 0. The Kier molecular flexibility index (Phi) is 4.26. The van der Waals surface area contributed by atoms with Gasteiger partial charge in [0.1, 0.15) is 0 Å². The second kappa shape index (κ2) is 8.14. The Labute approximate surface area is 290 Å². The van der Waals surface area contributed by atoms with Gasteiger partial charge in [0.15, 0.2) is 0 Å². The summed E-state index contributed by atoms with van der Waals surface area (Å²) in [6.07, 6.45) is 0. The first-order valence-corrected chi connectivity index (χ1v) is 18.0. The number of benzene rings is 7. The zero-order chi connectivity index (χ0) is 32.9. The molecule has 0 atom stereocenters. The third kappa shape index (κ3) is 2.47. The average molecular weight is 635 g/mol. The van der Waals surface area contributed by atoms with Crippen molar-refractivity contribution in [3.05, 3.63) is 160 Å². The Balaban J connectivity index is 1.34. The predicted octanol–water partition coefficient (Wildman–Crippen LogP) is 8.93. The SMILES string of the molecule is Cc1c(C)n2c3c(cc4ccccc4c13)B1c3c-2ccc2c3-n3c4c1ccc(C)c4c1c(C)ccc(c13)C21c2ccccc2-c2ccccc21. The van der Waals surface area contributed by atoms with Crippen molar-refractivity contribution in [1.29, 1.82) is 0 Å². The summed E-state index contributed by atoms with van der Waals surface area (Å²) >= 11 is 0. The molecule has 50 heavy (non-hydrogen) atoms. The molecule has 0 unspecified atom stereocenters. The van der Waals surface area contributed by atoms with E-state index in [0.717, 1.165) is 0 Å². The fourth-order valence-corrected chi connectivity index (χ4v) is 11.5. The molecule has 1 spiro atoms. The molecule has 0 radical (unpaired) electrons. The fraction of sp³-hybridized carbons (Fsp3) is 0.106. The van der Waals surface area contributed by atoms with Crippen LogP contribution in [0.5, 0.6) is 0 Å². The summed E-state index contributed by atoms with van der Waals surface area (Å²) in [6, 6.07) is 44.7. The number of hydrogen-bond donors (Lipinski definition) is 0. The molecule has 3 heteroatoms. The van der Waals surface area contributed by atoms with Crippen LogP contribution in [0.3, 0.4) is 0 Å². The van der Waals surface area contributed by atoms with E-state index >= 15 is 0 Å². The lowest BCUT2D eigenvalue weighted by Gasteiger charge is -2.44. The van der Waals surface area contributed by atoms with Gasteiger partial charge < -0.3 is 9.13 Å². The molecule has 3 aliphatic heterocycles. The van der Waals surface area contributed by atoms with Gasteiger partial charge in [-0.05, 0) is 111 Å². The molecule has 0 N–H and O–H groups in total. The Morgan fingerprint density at radius 1 is 0.520 bits per heavy atom. The highest BCUT2D eigenvalue weighted by Crippen LogP contribution is 2.61. The van der Waals surface area contributed by atoms with E-state index in [4.69, 9.17) is 0 Å². The maximum absolute atomic E-state index is 2.73. The lowest BCUT2D eigenvalue weighted by atomic mass is 9.33. The minimum absolute atomic E-state index is 0.124. The maximum atomic E-state index is 2.73. The van der Waals surface area contributed by atoms with Crippen LogP contribution in [-0.2, 0) is 5.41 Å². The lowest BCUT2D eigenvalue weighted by Crippen LogP contribution is -2.60. The standard InChI is InChI=1S/C47H31BN2/c1-24-17-19-34-43-39(24)40-25(2)18-21-36-45(40)50(43)44-35(47(34)32-15-9-7-13-30(32)31-14-8-10-16-33(31)47)20-22-38-42(44)48(36)37-23-28-11-5-6-12-29(28)41-26(3)27(4)49(38)46(37)41/h5-23H,1-4H3. The minimum atomic E-state index is -0.426. The quantitative estimate of drug-likeness (QED) is 0.148. The normalized spacial score (nSPS) is 14.9. The third-order valence-electron chi connectivity index (χ3n) is 13.4. The number of nitrogens with zero attached hydrogens (tertiary/aromatic N) is 2. The monoisotopic (exact) mass is 634 g/mol. The van der Waals surface area contributed by atoms with Crippen molar-refractivity contribution in [2.75, 3.05) is 0 Å². The largest absolute Gasteiger partial charge is 0.315 e. The Hall–Kier alpha value is -5.80. The van der Waals surface area contributed by atoms with Crippen LogP contribution in [-0.4, -0.2) is 15.8 Å². The van der Waals surface area contributed by atoms with E-state index in [9.17, 15) is 0 Å². The van der Waals surface area contributed by atoms with Crippen LogP contribution in [0, 0.1) is 27.7 Å². The number of rotatable bonds is 0. The molecular formula is C47H31BN2. The van der Waals surface area contributed by atoms with Gasteiger partial charge in [0, 0.05) is 44.3 Å². The summed E-state index contributed by atoms with van der Waals surface area (Å²) in [4.78, 5) is 0. The highest BCUT2D eigenvalue weighted by Gasteiger charge is 2.54. The van der Waals surface area contributed by atoms with E-state index < -0.39 is 5.41 Å². The summed E-state index contributed by atoms with van der Waals surface area (Å²) in [6.45, 7) is 9.43. The molecule has 232 valence electrons. The molecule has 0 saturated carbocycles. The molecule has 0 amide bonds. The van der Waals surface area contributed by atoms with E-state index in [0.29, 0.717) is 0 Å². The second-order valence-corrected chi connectivity index (χ2v) is 15.3. The van der Waals surface area contributed by atoms with Crippen molar-refractivity contribution in [1.82, 2.24) is 9.13 Å². The van der Waals surface area contributed by atoms with Gasteiger partial charge in [0.25, 0.3) is 6.71 Å². The first-order chi connectivity index (χ1) is 24.5. The fourth-order valence-electron chi connectivity index (χ4n) is 11.5. The van der Waals surface area contributed by atoms with Gasteiger partial charge in [-0.1, -0.05) is 109 Å². The average Bonchev–Trinajstić information content (AvgIpc) is 3.75. The number of aromatic nitrogens is 2. The van der Waals surface area contributed by atoms with Crippen LogP contribution in [0.15, 0.2) is 115 Å². The van der Waals surface area contributed by atoms with E-state index in [1.54, 1.807) is 0 Å². The first-order valence-electron chi connectivity index (χ1n) is 18.0.